The summed E-state index contributed by atoms with van der Waals surface area (Å²) >= 11 is 0. The number of unbranched alkanes of at least 4 members (excludes halogenated alkanes) is 2. The maximum Gasteiger partial charge on any atom is 0.370 e. The van der Waals surface area contributed by atoms with Gasteiger partial charge in [-0.05, 0) is 31.6 Å². The third-order valence-corrected chi connectivity index (χ3v) is 5.46. The molecule has 1 rings (SSSR count). The second-order valence-corrected chi connectivity index (χ2v) is 7.00. The van der Waals surface area contributed by atoms with Gasteiger partial charge in [-0.1, -0.05) is 32.6 Å². The Morgan fingerprint density at radius 1 is 1.24 bits per heavy atom. The van der Waals surface area contributed by atoms with E-state index in [1.807, 2.05) is 0 Å². The minimum absolute atomic E-state index is 0.333. The van der Waals surface area contributed by atoms with Crippen molar-refractivity contribution in [3.8, 4) is 0 Å². The van der Waals surface area contributed by atoms with Crippen molar-refractivity contribution in [3.05, 3.63) is 5.53 Å². The van der Waals surface area contributed by atoms with Crippen LogP contribution in [0, 0.1) is 5.92 Å². The zero-order valence-corrected chi connectivity index (χ0v) is 11.3. The van der Waals surface area contributed by atoms with Crippen LogP contribution in [0.4, 0.5) is 0 Å². The average Bonchev–Trinajstić information content (AvgIpc) is 2.30. The van der Waals surface area contributed by atoms with Crippen LogP contribution in [0.3, 0.4) is 0 Å². The number of hydrogen-bond donors (Lipinski definition) is 0. The van der Waals surface area contributed by atoms with Crippen molar-refractivity contribution in [2.24, 2.45) is 5.92 Å². The first-order chi connectivity index (χ1) is 8.10. The highest BCUT2D eigenvalue weighted by Gasteiger charge is 2.31. The van der Waals surface area contributed by atoms with Crippen LogP contribution < -0.4 is 0 Å². The summed E-state index contributed by atoms with van der Waals surface area (Å²) in [4.78, 5) is 2.65. The maximum atomic E-state index is 11.6. The van der Waals surface area contributed by atoms with Gasteiger partial charge in [0.2, 0.25) is 9.84 Å². The summed E-state index contributed by atoms with van der Waals surface area (Å²) in [7, 11) is -3.32. The van der Waals surface area contributed by atoms with Crippen LogP contribution in [0.2, 0.25) is 0 Å². The lowest BCUT2D eigenvalue weighted by molar-refractivity contribution is 0.00742. The molecule has 0 amide bonds. The predicted molar refractivity (Wildman–Crippen MR) is 68.5 cm³/mol. The molecule has 0 aliphatic heterocycles. The molecule has 0 heterocycles. The van der Waals surface area contributed by atoms with Crippen LogP contribution in [-0.2, 0) is 9.84 Å². The molecule has 17 heavy (non-hydrogen) atoms. The van der Waals surface area contributed by atoms with Crippen LogP contribution in [0.1, 0.15) is 58.3 Å². The normalized spacial score (nSPS) is 25.2. The molecule has 0 unspecified atom stereocenters. The first-order valence-corrected chi connectivity index (χ1v) is 8.12. The van der Waals surface area contributed by atoms with Crippen molar-refractivity contribution in [3.63, 3.8) is 0 Å². The molecule has 1 aliphatic rings. The highest BCUT2D eigenvalue weighted by atomic mass is 32.2. The lowest BCUT2D eigenvalue weighted by Gasteiger charge is -2.26. The van der Waals surface area contributed by atoms with Crippen molar-refractivity contribution >= 4 is 15.4 Å². The summed E-state index contributed by atoms with van der Waals surface area (Å²) in [6.07, 6.45) is 8.41. The number of sulfone groups is 1. The topological polar surface area (TPSA) is 70.5 Å². The lowest BCUT2D eigenvalue weighted by atomic mass is 9.85. The van der Waals surface area contributed by atoms with Crippen LogP contribution in [0.25, 0.3) is 5.53 Å². The van der Waals surface area contributed by atoms with E-state index in [1.54, 1.807) is 0 Å². The zero-order chi connectivity index (χ0) is 12.7. The fourth-order valence-electron chi connectivity index (χ4n) is 2.58. The lowest BCUT2D eigenvalue weighted by Crippen LogP contribution is -2.28. The van der Waals surface area contributed by atoms with Gasteiger partial charge in [-0.15, -0.1) is 0 Å². The van der Waals surface area contributed by atoms with E-state index in [2.05, 4.69) is 11.7 Å². The summed E-state index contributed by atoms with van der Waals surface area (Å²) in [5.74, 6) is 0.694. The molecular weight excluding hydrogens is 236 g/mol. The zero-order valence-electron chi connectivity index (χ0n) is 10.5. The molecule has 0 aromatic rings. The van der Waals surface area contributed by atoms with E-state index in [1.165, 1.54) is 25.7 Å². The molecule has 4 nitrogen and oxygen atoms in total. The summed E-state index contributed by atoms with van der Waals surface area (Å²) in [5.41, 5.74) is 9.01. The van der Waals surface area contributed by atoms with E-state index in [9.17, 15) is 8.42 Å². The maximum absolute atomic E-state index is 11.6. The Hall–Kier alpha value is -0.670. The standard InChI is InChI=1S/C12H22N2O2S/c1-2-3-4-5-11-6-8-12(9-7-11)17(15,16)10-14-13/h10-12H,2-9H2,1H3. The Bertz CT molecular complexity index is 364. The fraction of sp³-hybridized carbons (Fsp3) is 0.917. The van der Waals surface area contributed by atoms with E-state index in [0.29, 0.717) is 24.3 Å². The summed E-state index contributed by atoms with van der Waals surface area (Å²) < 4.78 is 23.3. The van der Waals surface area contributed by atoms with Gasteiger partial charge in [0.25, 0.3) is 0 Å². The first kappa shape index (κ1) is 14.4. The highest BCUT2D eigenvalue weighted by molar-refractivity contribution is 8.04. The van der Waals surface area contributed by atoms with E-state index >= 15 is 0 Å². The molecule has 0 aromatic heterocycles. The van der Waals surface area contributed by atoms with Crippen LogP contribution in [0.15, 0.2) is 0 Å². The van der Waals surface area contributed by atoms with Gasteiger partial charge in [-0.3, -0.25) is 0 Å². The fourth-order valence-corrected chi connectivity index (χ4v) is 3.82. The molecular formula is C12H22N2O2S. The summed E-state index contributed by atoms with van der Waals surface area (Å²) in [6.45, 7) is 2.19. The molecule has 1 saturated carbocycles. The highest BCUT2D eigenvalue weighted by Crippen LogP contribution is 2.31. The molecule has 0 bridgehead atoms. The minimum Gasteiger partial charge on any atom is -0.361 e. The van der Waals surface area contributed by atoms with Gasteiger partial charge >= 0.3 is 5.55 Å². The van der Waals surface area contributed by atoms with Gasteiger partial charge in [-0.25, -0.2) is 8.42 Å². The van der Waals surface area contributed by atoms with E-state index in [-0.39, 0.29) is 5.25 Å². The molecule has 98 valence electrons. The number of rotatable bonds is 6. The van der Waals surface area contributed by atoms with Crippen molar-refractivity contribution in [2.75, 3.05) is 0 Å². The smallest absolute Gasteiger partial charge is 0.361 e. The van der Waals surface area contributed by atoms with Crippen molar-refractivity contribution in [2.45, 2.75) is 63.5 Å². The van der Waals surface area contributed by atoms with Crippen molar-refractivity contribution in [1.29, 1.82) is 0 Å². The van der Waals surface area contributed by atoms with Gasteiger partial charge in [0.05, 0.1) is 5.25 Å². The van der Waals surface area contributed by atoms with Gasteiger partial charge in [-0.2, -0.15) is 4.79 Å². The van der Waals surface area contributed by atoms with Crippen molar-refractivity contribution < 1.29 is 13.2 Å². The molecule has 0 aromatic carbocycles. The van der Waals surface area contributed by atoms with E-state index in [4.69, 9.17) is 5.53 Å². The number of nitrogens with zero attached hydrogens (tertiary/aromatic N) is 2. The molecule has 0 radical (unpaired) electrons. The average molecular weight is 258 g/mol. The molecule has 1 fully saturated rings. The second kappa shape index (κ2) is 6.92. The SMILES string of the molecule is CCCCCC1CCC(S(=O)(=O)C=[N+]=[N-])CC1. The third kappa shape index (κ3) is 4.60. The van der Waals surface area contributed by atoms with E-state index < -0.39 is 9.84 Å². The molecule has 0 atom stereocenters. The van der Waals surface area contributed by atoms with Crippen LogP contribution in [0.5, 0.6) is 0 Å². The first-order valence-electron chi connectivity index (χ1n) is 6.51. The Balaban J connectivity index is 2.38. The van der Waals surface area contributed by atoms with Gasteiger partial charge in [0.1, 0.15) is 0 Å². The number of hydrogen-bond acceptors (Lipinski definition) is 2. The molecule has 5 heteroatoms. The third-order valence-electron chi connectivity index (χ3n) is 3.67. The van der Waals surface area contributed by atoms with Crippen molar-refractivity contribution in [1.82, 2.24) is 0 Å². The Morgan fingerprint density at radius 2 is 1.88 bits per heavy atom. The van der Waals surface area contributed by atoms with E-state index in [0.717, 1.165) is 12.8 Å². The minimum atomic E-state index is -3.32. The Morgan fingerprint density at radius 3 is 2.41 bits per heavy atom. The Labute approximate surface area is 104 Å². The van der Waals surface area contributed by atoms with Gasteiger partial charge < -0.3 is 5.53 Å². The second-order valence-electron chi connectivity index (χ2n) is 4.95. The molecule has 1 aliphatic carbocycles. The van der Waals surface area contributed by atoms with Gasteiger partial charge in [0.15, 0.2) is 0 Å². The predicted octanol–water partition coefficient (Wildman–Crippen LogP) is 2.80. The quantitative estimate of drug-likeness (QED) is 0.242. The summed E-state index contributed by atoms with van der Waals surface area (Å²) in [6, 6.07) is 0. The molecule has 0 spiro atoms. The molecule has 0 saturated heterocycles. The summed E-state index contributed by atoms with van der Waals surface area (Å²) in [5, 5.41) is -0.333. The van der Waals surface area contributed by atoms with Crippen LogP contribution in [-0.4, -0.2) is 24.0 Å². The monoisotopic (exact) mass is 258 g/mol. The Kier molecular flexibility index (Phi) is 5.86. The van der Waals surface area contributed by atoms with Gasteiger partial charge in [0, 0.05) is 0 Å². The molecule has 0 N–H and O–H groups in total. The largest absolute Gasteiger partial charge is 0.370 e. The van der Waals surface area contributed by atoms with Crippen LogP contribution >= 0.6 is 0 Å².